The van der Waals surface area contributed by atoms with Gasteiger partial charge >= 0.3 is 0 Å². The lowest BCUT2D eigenvalue weighted by atomic mass is 10.0. The zero-order valence-corrected chi connectivity index (χ0v) is 14.9. The Bertz CT molecular complexity index is 643. The number of nitrogens with one attached hydrogen (secondary N) is 2. The molecule has 1 aliphatic rings. The first kappa shape index (κ1) is 17.1. The largest absolute Gasteiger partial charge is 0.314 e. The summed E-state index contributed by atoms with van der Waals surface area (Å²) in [5.74, 6) is 0. The minimum atomic E-state index is 0.563. The Morgan fingerprint density at radius 1 is 1.12 bits per heavy atom. The second-order valence-electron chi connectivity index (χ2n) is 6.89. The van der Waals surface area contributed by atoms with Crippen LogP contribution >= 0.6 is 0 Å². The molecule has 0 saturated carbocycles. The van der Waals surface area contributed by atoms with E-state index in [4.69, 9.17) is 0 Å². The lowest BCUT2D eigenvalue weighted by Gasteiger charge is -2.36. The molecule has 128 valence electrons. The van der Waals surface area contributed by atoms with E-state index in [1.54, 1.807) is 0 Å². The smallest absolute Gasteiger partial charge is 0.0619 e. The molecule has 1 saturated heterocycles. The molecule has 0 radical (unpaired) electrons. The number of hydrogen-bond donors (Lipinski definition) is 2. The van der Waals surface area contributed by atoms with E-state index in [9.17, 15) is 0 Å². The van der Waals surface area contributed by atoms with Gasteiger partial charge < -0.3 is 10.6 Å². The number of pyridine rings is 1. The van der Waals surface area contributed by atoms with Gasteiger partial charge in [-0.05, 0) is 38.1 Å². The van der Waals surface area contributed by atoms with Gasteiger partial charge in [0.2, 0.25) is 0 Å². The highest BCUT2D eigenvalue weighted by atomic mass is 15.2. The van der Waals surface area contributed by atoms with Crippen LogP contribution < -0.4 is 10.6 Å². The Morgan fingerprint density at radius 3 is 2.50 bits per heavy atom. The molecule has 4 nitrogen and oxygen atoms in total. The lowest BCUT2D eigenvalue weighted by Crippen LogP contribution is -2.53. The number of nitrogens with zero attached hydrogens (tertiary/aromatic N) is 2. The summed E-state index contributed by atoms with van der Waals surface area (Å²) in [6.07, 6.45) is 1.86. The molecule has 1 fully saturated rings. The van der Waals surface area contributed by atoms with Crippen LogP contribution in [0.4, 0.5) is 0 Å². The van der Waals surface area contributed by atoms with Crippen molar-refractivity contribution in [2.24, 2.45) is 0 Å². The van der Waals surface area contributed by atoms with Crippen LogP contribution in [0.25, 0.3) is 11.1 Å². The van der Waals surface area contributed by atoms with Gasteiger partial charge in [-0.3, -0.25) is 9.88 Å². The SMILES string of the molecule is CNCc1ncccc1-c1ccc(CN2C[C@@H](C)N[C@@H](C)C2)cc1. The first-order chi connectivity index (χ1) is 11.7. The number of aromatic nitrogens is 1. The summed E-state index contributed by atoms with van der Waals surface area (Å²) in [7, 11) is 1.96. The molecular weight excluding hydrogens is 296 g/mol. The first-order valence-corrected chi connectivity index (χ1v) is 8.82. The van der Waals surface area contributed by atoms with Crippen molar-refractivity contribution in [1.29, 1.82) is 0 Å². The molecule has 3 rings (SSSR count). The molecule has 2 aromatic rings. The third kappa shape index (κ3) is 4.20. The van der Waals surface area contributed by atoms with Crippen LogP contribution in [-0.2, 0) is 13.1 Å². The van der Waals surface area contributed by atoms with Gasteiger partial charge in [-0.1, -0.05) is 30.3 Å². The van der Waals surface area contributed by atoms with Crippen molar-refractivity contribution in [3.63, 3.8) is 0 Å². The van der Waals surface area contributed by atoms with Gasteiger partial charge in [0, 0.05) is 50.0 Å². The van der Waals surface area contributed by atoms with E-state index >= 15 is 0 Å². The van der Waals surface area contributed by atoms with Crippen LogP contribution in [0, 0.1) is 0 Å². The number of hydrogen-bond acceptors (Lipinski definition) is 4. The van der Waals surface area contributed by atoms with Gasteiger partial charge in [0.25, 0.3) is 0 Å². The molecule has 4 heteroatoms. The topological polar surface area (TPSA) is 40.2 Å². The molecule has 0 unspecified atom stereocenters. The number of benzene rings is 1. The molecule has 2 atom stereocenters. The van der Waals surface area contributed by atoms with Crippen molar-refractivity contribution in [1.82, 2.24) is 20.5 Å². The minimum absolute atomic E-state index is 0.563. The third-order valence-corrected chi connectivity index (χ3v) is 4.54. The maximum absolute atomic E-state index is 4.50. The van der Waals surface area contributed by atoms with Gasteiger partial charge in [-0.25, -0.2) is 0 Å². The van der Waals surface area contributed by atoms with Crippen LogP contribution in [0.3, 0.4) is 0 Å². The zero-order chi connectivity index (χ0) is 16.9. The Balaban J connectivity index is 1.72. The summed E-state index contributed by atoms with van der Waals surface area (Å²) in [5.41, 5.74) is 4.92. The summed E-state index contributed by atoms with van der Waals surface area (Å²) >= 11 is 0. The van der Waals surface area contributed by atoms with Crippen molar-refractivity contribution < 1.29 is 0 Å². The summed E-state index contributed by atoms with van der Waals surface area (Å²) in [4.78, 5) is 7.04. The molecule has 0 spiro atoms. The van der Waals surface area contributed by atoms with Crippen molar-refractivity contribution in [2.45, 2.75) is 39.0 Å². The summed E-state index contributed by atoms with van der Waals surface area (Å²) in [6, 6.07) is 14.2. The van der Waals surface area contributed by atoms with Gasteiger partial charge in [-0.2, -0.15) is 0 Å². The maximum atomic E-state index is 4.50. The van der Waals surface area contributed by atoms with Gasteiger partial charge in [0.05, 0.1) is 5.69 Å². The van der Waals surface area contributed by atoms with Gasteiger partial charge in [-0.15, -0.1) is 0 Å². The Hall–Kier alpha value is -1.75. The first-order valence-electron chi connectivity index (χ1n) is 8.82. The van der Waals surface area contributed by atoms with Crippen molar-refractivity contribution >= 4 is 0 Å². The molecule has 2 heterocycles. The highest BCUT2D eigenvalue weighted by molar-refractivity contribution is 5.66. The fourth-order valence-electron chi connectivity index (χ4n) is 3.63. The monoisotopic (exact) mass is 324 g/mol. The summed E-state index contributed by atoms with van der Waals surface area (Å²) in [6.45, 7) is 8.55. The van der Waals surface area contributed by atoms with Gasteiger partial charge in [0.15, 0.2) is 0 Å². The van der Waals surface area contributed by atoms with E-state index in [1.807, 2.05) is 19.3 Å². The fraction of sp³-hybridized carbons (Fsp3) is 0.450. The summed E-state index contributed by atoms with van der Waals surface area (Å²) in [5, 5.41) is 6.78. The summed E-state index contributed by atoms with van der Waals surface area (Å²) < 4.78 is 0. The Labute approximate surface area is 145 Å². The van der Waals surface area contributed by atoms with E-state index in [-0.39, 0.29) is 0 Å². The van der Waals surface area contributed by atoms with E-state index in [1.165, 1.54) is 16.7 Å². The standard InChI is InChI=1S/C20H28N4/c1-15-12-24(13-16(2)23-15)14-17-6-8-18(9-7-17)19-5-4-10-22-20(19)11-21-3/h4-10,15-16,21,23H,11-14H2,1-3H3/t15-,16+. The predicted octanol–water partition coefficient (Wildman–Crippen LogP) is 2.65. The van der Waals surface area contributed by atoms with Crippen molar-refractivity contribution in [3.8, 4) is 11.1 Å². The second kappa shape index (κ2) is 7.88. The molecule has 1 aromatic carbocycles. The van der Waals surface area contributed by atoms with Crippen LogP contribution in [0.2, 0.25) is 0 Å². The van der Waals surface area contributed by atoms with Crippen LogP contribution in [0.5, 0.6) is 0 Å². The Morgan fingerprint density at radius 2 is 1.83 bits per heavy atom. The highest BCUT2D eigenvalue weighted by Gasteiger charge is 2.20. The van der Waals surface area contributed by atoms with Crippen molar-refractivity contribution in [2.75, 3.05) is 20.1 Å². The van der Waals surface area contributed by atoms with E-state index < -0.39 is 0 Å². The molecule has 0 bridgehead atoms. The van der Waals surface area contributed by atoms with Crippen LogP contribution in [0.1, 0.15) is 25.1 Å². The van der Waals surface area contributed by atoms with E-state index in [0.717, 1.165) is 31.9 Å². The minimum Gasteiger partial charge on any atom is -0.314 e. The molecule has 0 aliphatic carbocycles. The zero-order valence-electron chi connectivity index (χ0n) is 14.9. The fourth-order valence-corrected chi connectivity index (χ4v) is 3.63. The maximum Gasteiger partial charge on any atom is 0.0619 e. The van der Waals surface area contributed by atoms with E-state index in [2.05, 4.69) is 64.7 Å². The average Bonchev–Trinajstić information content (AvgIpc) is 2.56. The normalized spacial score (nSPS) is 21.8. The second-order valence-corrected chi connectivity index (χ2v) is 6.89. The predicted molar refractivity (Wildman–Crippen MR) is 99.8 cm³/mol. The third-order valence-electron chi connectivity index (χ3n) is 4.54. The van der Waals surface area contributed by atoms with E-state index in [0.29, 0.717) is 12.1 Å². The molecule has 1 aromatic heterocycles. The number of piperazine rings is 1. The molecule has 24 heavy (non-hydrogen) atoms. The van der Waals surface area contributed by atoms with Gasteiger partial charge in [0.1, 0.15) is 0 Å². The van der Waals surface area contributed by atoms with Crippen molar-refractivity contribution in [3.05, 3.63) is 53.9 Å². The molecule has 2 N–H and O–H groups in total. The highest BCUT2D eigenvalue weighted by Crippen LogP contribution is 2.23. The average molecular weight is 324 g/mol. The quantitative estimate of drug-likeness (QED) is 0.887. The van der Waals surface area contributed by atoms with Crippen LogP contribution in [0.15, 0.2) is 42.6 Å². The lowest BCUT2D eigenvalue weighted by molar-refractivity contribution is 0.166. The molecule has 1 aliphatic heterocycles. The molecule has 0 amide bonds. The Kier molecular flexibility index (Phi) is 5.61. The number of rotatable bonds is 5. The van der Waals surface area contributed by atoms with Crippen LogP contribution in [-0.4, -0.2) is 42.1 Å². The molecular formula is C20H28N4.